The number of aryl methyl sites for hydroxylation is 1. The minimum Gasteiger partial charge on any atom is -0.410 e. The molecule has 0 radical (unpaired) electrons. The van der Waals surface area contributed by atoms with Crippen LogP contribution in [0, 0.1) is 0 Å². The highest BCUT2D eigenvalue weighted by Crippen LogP contribution is 2.26. The third-order valence-corrected chi connectivity index (χ3v) is 7.96. The molecule has 2 amide bonds. The van der Waals surface area contributed by atoms with Crippen molar-refractivity contribution in [3.63, 3.8) is 0 Å². The summed E-state index contributed by atoms with van der Waals surface area (Å²) in [4.78, 5) is 31.9. The molecule has 6 rings (SSSR count). The zero-order valence-corrected chi connectivity index (χ0v) is 24.1. The fraction of sp³-hybridized carbons (Fsp3) is 0.312. The highest BCUT2D eigenvalue weighted by molar-refractivity contribution is 5.99. The molecule has 0 unspecified atom stereocenters. The van der Waals surface area contributed by atoms with Gasteiger partial charge in [0.05, 0.1) is 11.8 Å². The Bertz CT molecular complexity index is 1600. The lowest BCUT2D eigenvalue weighted by atomic mass is 10.0. The number of aromatic nitrogens is 3. The summed E-state index contributed by atoms with van der Waals surface area (Å²) in [6.45, 7) is 3.74. The van der Waals surface area contributed by atoms with E-state index in [4.69, 9.17) is 10.5 Å². The molecule has 4 aromatic rings. The van der Waals surface area contributed by atoms with Crippen LogP contribution in [0.3, 0.4) is 0 Å². The summed E-state index contributed by atoms with van der Waals surface area (Å²) >= 11 is 0. The van der Waals surface area contributed by atoms with Gasteiger partial charge in [0.2, 0.25) is 0 Å². The van der Waals surface area contributed by atoms with Gasteiger partial charge in [-0.1, -0.05) is 36.4 Å². The first kappa shape index (κ1) is 28.4. The number of hydrogen-bond acceptors (Lipinski definition) is 8. The van der Waals surface area contributed by atoms with E-state index in [2.05, 4.69) is 50.3 Å². The number of nitrogen functional groups attached to an aromatic ring is 1. The van der Waals surface area contributed by atoms with Gasteiger partial charge >= 0.3 is 6.09 Å². The van der Waals surface area contributed by atoms with E-state index < -0.39 is 6.09 Å². The molecule has 4 heterocycles. The van der Waals surface area contributed by atoms with E-state index in [9.17, 15) is 9.59 Å². The molecular weight excluding hydrogens is 544 g/mol. The van der Waals surface area contributed by atoms with Crippen molar-refractivity contribution in [3.8, 4) is 28.0 Å². The van der Waals surface area contributed by atoms with Gasteiger partial charge in [-0.3, -0.25) is 9.48 Å². The van der Waals surface area contributed by atoms with Crippen molar-refractivity contribution >= 4 is 17.8 Å². The van der Waals surface area contributed by atoms with Crippen molar-refractivity contribution in [2.24, 2.45) is 7.05 Å². The number of rotatable bonds is 8. The molecule has 5 N–H and O–H groups in total. The molecule has 0 aliphatic carbocycles. The van der Waals surface area contributed by atoms with Crippen LogP contribution in [-0.4, -0.2) is 69.9 Å². The Labute approximate surface area is 250 Å². The van der Waals surface area contributed by atoms with Crippen LogP contribution in [0.15, 0.2) is 73.2 Å². The van der Waals surface area contributed by atoms with Crippen molar-refractivity contribution in [1.29, 1.82) is 0 Å². The van der Waals surface area contributed by atoms with E-state index in [-0.39, 0.29) is 23.3 Å². The Morgan fingerprint density at radius 1 is 1.02 bits per heavy atom. The van der Waals surface area contributed by atoms with Crippen LogP contribution in [-0.2, 0) is 13.6 Å². The Balaban J connectivity index is 1.03. The number of ether oxygens (including phenoxy) is 1. The number of hydrogen-bond donors (Lipinski definition) is 4. The maximum atomic E-state index is 13.1. The zero-order chi connectivity index (χ0) is 29.8. The summed E-state index contributed by atoms with van der Waals surface area (Å²) in [5, 5.41) is 14.1. The summed E-state index contributed by atoms with van der Waals surface area (Å²) in [5.41, 5.74) is 11.1. The normalized spacial score (nSPS) is 18.1. The lowest BCUT2D eigenvalue weighted by Crippen LogP contribution is -2.39. The summed E-state index contributed by atoms with van der Waals surface area (Å²) in [7, 11) is 1.82. The lowest BCUT2D eigenvalue weighted by molar-refractivity contribution is 0.0937. The molecule has 2 aromatic carbocycles. The van der Waals surface area contributed by atoms with Gasteiger partial charge in [-0.05, 0) is 54.3 Å². The van der Waals surface area contributed by atoms with E-state index in [1.165, 1.54) is 5.56 Å². The van der Waals surface area contributed by atoms with Gasteiger partial charge < -0.3 is 31.3 Å². The second-order valence-corrected chi connectivity index (χ2v) is 11.1. The first-order valence-corrected chi connectivity index (χ1v) is 14.6. The van der Waals surface area contributed by atoms with Gasteiger partial charge in [0.25, 0.3) is 5.91 Å². The summed E-state index contributed by atoms with van der Waals surface area (Å²) in [5.74, 6) is 0.286. The number of nitrogens with one attached hydrogen (secondary N) is 3. The van der Waals surface area contributed by atoms with Crippen molar-refractivity contribution in [2.75, 3.05) is 31.9 Å². The van der Waals surface area contributed by atoms with Crippen LogP contribution in [0.2, 0.25) is 0 Å². The molecule has 2 fully saturated rings. The Morgan fingerprint density at radius 2 is 1.88 bits per heavy atom. The second kappa shape index (κ2) is 12.6. The first-order chi connectivity index (χ1) is 20.9. The van der Waals surface area contributed by atoms with Crippen molar-refractivity contribution < 1.29 is 14.3 Å². The monoisotopic (exact) mass is 580 g/mol. The molecule has 2 saturated heterocycles. The number of pyridine rings is 1. The largest absolute Gasteiger partial charge is 0.415 e. The molecular formula is C32H36N8O3. The van der Waals surface area contributed by atoms with Crippen LogP contribution < -0.4 is 26.4 Å². The standard InChI is InChI=1S/C32H36N8O3/c1-39-19-25(17-37-39)24-14-29(30(33)36-16-24)31(41)38-27-10-12-40(20-27)32(42)43-28-4-2-3-23(13-28)22-7-5-21(6-8-22)15-35-26-9-11-34-18-26/h2-8,13-14,16-17,19,26-27,34-35H,9-12,15,18,20H2,1H3,(H2,33,36)(H,38,41)/t26-,27-/m1/s1. The van der Waals surface area contributed by atoms with E-state index in [1.54, 1.807) is 34.1 Å². The van der Waals surface area contributed by atoms with Crippen LogP contribution in [0.4, 0.5) is 10.6 Å². The van der Waals surface area contributed by atoms with Crippen molar-refractivity contribution in [3.05, 3.63) is 84.3 Å². The van der Waals surface area contributed by atoms with E-state index in [1.807, 2.05) is 31.4 Å². The minimum atomic E-state index is -0.448. The Kier molecular flexibility index (Phi) is 8.34. The summed E-state index contributed by atoms with van der Waals surface area (Å²) in [6.07, 6.45) is 6.48. The number of anilines is 1. The maximum absolute atomic E-state index is 13.1. The van der Waals surface area contributed by atoms with Crippen LogP contribution >= 0.6 is 0 Å². The second-order valence-electron chi connectivity index (χ2n) is 11.1. The predicted octanol–water partition coefficient (Wildman–Crippen LogP) is 3.19. The smallest absolute Gasteiger partial charge is 0.410 e. The zero-order valence-electron chi connectivity index (χ0n) is 24.1. The van der Waals surface area contributed by atoms with Crippen LogP contribution in [0.1, 0.15) is 28.8 Å². The van der Waals surface area contributed by atoms with Gasteiger partial charge in [0, 0.05) is 68.8 Å². The molecule has 43 heavy (non-hydrogen) atoms. The highest BCUT2D eigenvalue weighted by atomic mass is 16.6. The van der Waals surface area contributed by atoms with Crippen LogP contribution in [0.5, 0.6) is 5.75 Å². The van der Waals surface area contributed by atoms with E-state index in [0.29, 0.717) is 31.3 Å². The number of nitrogens with two attached hydrogens (primary N) is 1. The number of likely N-dealkylation sites (tertiary alicyclic amines) is 1. The SMILES string of the molecule is Cn1cc(-c2cnc(N)c(C(=O)N[C@@H]3CCN(C(=O)Oc4cccc(-c5ccc(CN[C@@H]6CCNC6)cc5)c4)C3)c2)cn1. The number of nitrogens with zero attached hydrogens (tertiary/aromatic N) is 4. The molecule has 2 aromatic heterocycles. The summed E-state index contributed by atoms with van der Waals surface area (Å²) < 4.78 is 7.40. The molecule has 2 aliphatic rings. The fourth-order valence-corrected chi connectivity index (χ4v) is 5.50. The van der Waals surface area contributed by atoms with Crippen molar-refractivity contribution in [2.45, 2.75) is 31.5 Å². The third kappa shape index (κ3) is 6.85. The molecule has 222 valence electrons. The maximum Gasteiger partial charge on any atom is 0.415 e. The Hall–Kier alpha value is -4.74. The van der Waals surface area contributed by atoms with Gasteiger partial charge in [-0.25, -0.2) is 9.78 Å². The number of carbonyl (C=O) groups is 2. The van der Waals surface area contributed by atoms with Crippen molar-refractivity contribution in [1.82, 2.24) is 35.6 Å². The lowest BCUT2D eigenvalue weighted by Gasteiger charge is -2.17. The van der Waals surface area contributed by atoms with Gasteiger partial charge in [-0.15, -0.1) is 0 Å². The molecule has 2 aliphatic heterocycles. The average molecular weight is 581 g/mol. The topological polar surface area (TPSA) is 139 Å². The fourth-order valence-electron chi connectivity index (χ4n) is 5.50. The van der Waals surface area contributed by atoms with Gasteiger partial charge in [0.1, 0.15) is 11.6 Å². The Morgan fingerprint density at radius 3 is 2.65 bits per heavy atom. The predicted molar refractivity (Wildman–Crippen MR) is 164 cm³/mol. The molecule has 0 saturated carbocycles. The average Bonchev–Trinajstić information content (AvgIpc) is 3.80. The summed E-state index contributed by atoms with van der Waals surface area (Å²) in [6, 6.07) is 18.0. The van der Waals surface area contributed by atoms with Gasteiger partial charge in [-0.2, -0.15) is 5.10 Å². The molecule has 0 spiro atoms. The molecule has 2 atom stereocenters. The number of amides is 2. The highest BCUT2D eigenvalue weighted by Gasteiger charge is 2.29. The number of benzene rings is 2. The minimum absolute atomic E-state index is 0.146. The van der Waals surface area contributed by atoms with E-state index in [0.717, 1.165) is 48.3 Å². The quantitative estimate of drug-likeness (QED) is 0.249. The first-order valence-electron chi connectivity index (χ1n) is 14.6. The van der Waals surface area contributed by atoms with Crippen LogP contribution in [0.25, 0.3) is 22.3 Å². The number of carbonyl (C=O) groups excluding carboxylic acids is 2. The molecule has 11 heteroatoms. The molecule has 11 nitrogen and oxygen atoms in total. The van der Waals surface area contributed by atoms with Gasteiger partial charge in [0.15, 0.2) is 0 Å². The van der Waals surface area contributed by atoms with E-state index >= 15 is 0 Å². The third-order valence-electron chi connectivity index (χ3n) is 7.96. The molecule has 0 bridgehead atoms.